The molecule has 1 heterocycles. The fourth-order valence-corrected chi connectivity index (χ4v) is 4.25. The molecule has 0 atom stereocenters. The summed E-state index contributed by atoms with van der Waals surface area (Å²) in [6.07, 6.45) is 0. The zero-order chi connectivity index (χ0) is 10.1. The number of pyridine rings is 1. The van der Waals surface area contributed by atoms with Crippen LogP contribution in [-0.2, 0) is 0 Å². The Bertz CT molecular complexity index is 304. The van der Waals surface area contributed by atoms with Crippen LogP contribution in [0.25, 0.3) is 0 Å². The minimum atomic E-state index is -0.899. The third-order valence-corrected chi connectivity index (χ3v) is 5.30. The van der Waals surface area contributed by atoms with Gasteiger partial charge in [-0.3, -0.25) is 0 Å². The van der Waals surface area contributed by atoms with Crippen LogP contribution >= 0.6 is 0 Å². The molecule has 1 rings (SSSR count). The molecular weight excluding hydrogens is 272 g/mol. The second kappa shape index (κ2) is 3.94. The van der Waals surface area contributed by atoms with E-state index in [-0.39, 0.29) is 9.25 Å². The molecular formula is C10H14FNSn. The molecule has 1 aromatic heterocycles. The topological polar surface area (TPSA) is 12.9 Å². The monoisotopic (exact) mass is 287 g/mol. The van der Waals surface area contributed by atoms with Gasteiger partial charge < -0.3 is 0 Å². The second-order valence-corrected chi connectivity index (χ2v) is 10.5. The van der Waals surface area contributed by atoms with Crippen LogP contribution in [0.1, 0.15) is 26.5 Å². The Labute approximate surface area is 89.0 Å². The summed E-state index contributed by atoms with van der Waals surface area (Å²) in [4.78, 5) is 4.26. The molecule has 70 valence electrons. The molecule has 0 saturated carbocycles. The summed E-state index contributed by atoms with van der Waals surface area (Å²) >= 11 is -0.899. The van der Waals surface area contributed by atoms with Gasteiger partial charge in [0.15, 0.2) is 0 Å². The molecule has 0 aliphatic carbocycles. The Morgan fingerprint density at radius 1 is 1.31 bits per heavy atom. The van der Waals surface area contributed by atoms with E-state index in [1.807, 2.05) is 6.92 Å². The van der Waals surface area contributed by atoms with Gasteiger partial charge in [-0.15, -0.1) is 0 Å². The third kappa shape index (κ3) is 3.63. The van der Waals surface area contributed by atoms with Crippen molar-refractivity contribution in [2.24, 2.45) is 0 Å². The second-order valence-electron chi connectivity index (χ2n) is 4.16. The molecule has 13 heavy (non-hydrogen) atoms. The number of aryl methyl sites for hydroxylation is 1. The van der Waals surface area contributed by atoms with Gasteiger partial charge in [-0.1, -0.05) is 0 Å². The molecule has 3 heteroatoms. The van der Waals surface area contributed by atoms with Crippen molar-refractivity contribution in [3.63, 3.8) is 0 Å². The van der Waals surface area contributed by atoms with E-state index in [1.165, 1.54) is 6.07 Å². The number of hydrogen-bond donors (Lipinski definition) is 0. The van der Waals surface area contributed by atoms with Crippen LogP contribution in [0.3, 0.4) is 0 Å². The van der Waals surface area contributed by atoms with Gasteiger partial charge in [0, 0.05) is 0 Å². The van der Waals surface area contributed by atoms with Crippen LogP contribution in [0, 0.1) is 12.7 Å². The number of rotatable bonds is 1. The van der Waals surface area contributed by atoms with Crippen LogP contribution in [0.5, 0.6) is 0 Å². The average molecular weight is 286 g/mol. The van der Waals surface area contributed by atoms with Gasteiger partial charge in [-0.05, 0) is 0 Å². The summed E-state index contributed by atoms with van der Waals surface area (Å²) in [6.45, 7) is 8.37. The van der Waals surface area contributed by atoms with Gasteiger partial charge in [0.05, 0.1) is 0 Å². The molecule has 0 bridgehead atoms. The standard InChI is InChI=1S/C6H5FN.C4H9.Sn/c1-5-2-3-6(7)4-8-5;1-4(2)3;/h2-3H,1H3;1-3H3;. The van der Waals surface area contributed by atoms with Crippen LogP contribution in [-0.4, -0.2) is 26.1 Å². The molecule has 0 N–H and O–H groups in total. The summed E-state index contributed by atoms with van der Waals surface area (Å²) in [7, 11) is 0. The fraction of sp³-hybridized carbons (Fsp3) is 0.500. The molecule has 0 unspecified atom stereocenters. The van der Waals surface area contributed by atoms with E-state index < -0.39 is 21.1 Å². The summed E-state index contributed by atoms with van der Waals surface area (Å²) in [5, 5.41) is 0. The molecule has 1 nitrogen and oxygen atoms in total. The van der Waals surface area contributed by atoms with E-state index in [1.54, 1.807) is 6.07 Å². The number of aromatic nitrogens is 1. The predicted octanol–water partition coefficient (Wildman–Crippen LogP) is 2.08. The molecule has 0 amide bonds. The Hall–Kier alpha value is -0.121. The van der Waals surface area contributed by atoms with E-state index in [0.717, 1.165) is 9.40 Å². The number of nitrogens with zero attached hydrogens (tertiary/aromatic N) is 1. The Kier molecular flexibility index (Phi) is 3.32. The zero-order valence-electron chi connectivity index (χ0n) is 8.48. The van der Waals surface area contributed by atoms with E-state index in [4.69, 9.17) is 0 Å². The minimum absolute atomic E-state index is 0.118. The predicted molar refractivity (Wildman–Crippen MR) is 54.0 cm³/mol. The molecule has 2 radical (unpaired) electrons. The Morgan fingerprint density at radius 3 is 2.46 bits per heavy atom. The normalized spacial score (nSPS) is 11.8. The van der Waals surface area contributed by atoms with Gasteiger partial charge >= 0.3 is 89.0 Å². The number of halogens is 1. The van der Waals surface area contributed by atoms with Crippen molar-refractivity contribution >= 4 is 24.9 Å². The molecule has 0 saturated heterocycles. The van der Waals surface area contributed by atoms with Gasteiger partial charge in [-0.25, -0.2) is 0 Å². The van der Waals surface area contributed by atoms with Crippen molar-refractivity contribution in [2.45, 2.75) is 31.1 Å². The third-order valence-electron chi connectivity index (χ3n) is 1.48. The van der Waals surface area contributed by atoms with Crippen molar-refractivity contribution in [1.82, 2.24) is 4.98 Å². The molecule has 0 aromatic carbocycles. The quantitative estimate of drug-likeness (QED) is 0.720. The van der Waals surface area contributed by atoms with Crippen molar-refractivity contribution in [2.75, 3.05) is 0 Å². The van der Waals surface area contributed by atoms with Gasteiger partial charge in [0.1, 0.15) is 0 Å². The van der Waals surface area contributed by atoms with Crippen molar-refractivity contribution < 1.29 is 4.39 Å². The fourth-order valence-electron chi connectivity index (χ4n) is 0.983. The van der Waals surface area contributed by atoms with Gasteiger partial charge in [0.2, 0.25) is 0 Å². The molecule has 1 aromatic rings. The van der Waals surface area contributed by atoms with Gasteiger partial charge in [-0.2, -0.15) is 0 Å². The first-order valence-electron chi connectivity index (χ1n) is 4.30. The van der Waals surface area contributed by atoms with Crippen LogP contribution < -0.4 is 3.71 Å². The summed E-state index contributed by atoms with van der Waals surface area (Å²) < 4.78 is 14.3. The maximum atomic E-state index is 13.3. The van der Waals surface area contributed by atoms with Crippen LogP contribution in [0.4, 0.5) is 4.39 Å². The van der Waals surface area contributed by atoms with E-state index in [0.29, 0.717) is 0 Å². The van der Waals surface area contributed by atoms with E-state index in [2.05, 4.69) is 25.8 Å². The average Bonchev–Trinajstić information content (AvgIpc) is 1.94. The molecule has 0 spiro atoms. The Morgan fingerprint density at radius 2 is 1.92 bits per heavy atom. The van der Waals surface area contributed by atoms with Gasteiger partial charge in [0.25, 0.3) is 0 Å². The van der Waals surface area contributed by atoms with Crippen molar-refractivity contribution in [3.8, 4) is 0 Å². The summed E-state index contributed by atoms with van der Waals surface area (Å²) in [5.41, 5.74) is 0.918. The first kappa shape index (κ1) is 11.0. The molecule has 0 fully saturated rings. The van der Waals surface area contributed by atoms with Crippen LogP contribution in [0.2, 0.25) is 3.43 Å². The maximum absolute atomic E-state index is 13.3. The van der Waals surface area contributed by atoms with Crippen molar-refractivity contribution in [3.05, 3.63) is 23.6 Å². The SMILES string of the molecule is Cc1ccc(F)[c]([Sn][C](C)(C)C)n1. The van der Waals surface area contributed by atoms with Crippen LogP contribution in [0.15, 0.2) is 12.1 Å². The Balaban J connectivity index is 2.94. The molecule has 0 aliphatic heterocycles. The van der Waals surface area contributed by atoms with Crippen molar-refractivity contribution in [1.29, 1.82) is 0 Å². The zero-order valence-corrected chi connectivity index (χ0v) is 11.3. The summed E-state index contributed by atoms with van der Waals surface area (Å²) in [5.74, 6) is -0.118. The first-order valence-corrected chi connectivity index (χ1v) is 7.15. The first-order chi connectivity index (χ1) is 5.88. The summed E-state index contributed by atoms with van der Waals surface area (Å²) in [6, 6.07) is 3.26. The van der Waals surface area contributed by atoms with E-state index >= 15 is 0 Å². The van der Waals surface area contributed by atoms with E-state index in [9.17, 15) is 4.39 Å². The number of hydrogen-bond acceptors (Lipinski definition) is 1. The molecule has 0 aliphatic rings.